The maximum absolute atomic E-state index is 13.8. The van der Waals surface area contributed by atoms with E-state index in [1.807, 2.05) is 65.0 Å². The molecular formula is C31H47ClN4O7S. The summed E-state index contributed by atoms with van der Waals surface area (Å²) >= 11 is 0. The van der Waals surface area contributed by atoms with Gasteiger partial charge in [-0.25, -0.2) is 8.42 Å². The summed E-state index contributed by atoms with van der Waals surface area (Å²) in [6, 6.07) is 12.0. The number of aliphatic hydroxyl groups excluding tert-OH is 1. The Balaban J connectivity index is 0.00000675. The Labute approximate surface area is 267 Å². The smallest absolute Gasteiger partial charge is 0.243 e. The first-order valence-electron chi connectivity index (χ1n) is 14.4. The Hall–Kier alpha value is -2.90. The van der Waals surface area contributed by atoms with Crippen LogP contribution in [0.1, 0.15) is 40.2 Å². The number of hydrogen-bond acceptors (Lipinski definition) is 8. The maximum atomic E-state index is 13.8. The van der Waals surface area contributed by atoms with E-state index in [-0.39, 0.29) is 62.0 Å². The molecule has 3 atom stereocenters. The molecule has 1 heterocycles. The summed E-state index contributed by atoms with van der Waals surface area (Å²) in [5, 5.41) is 17.4. The van der Waals surface area contributed by atoms with Crippen molar-refractivity contribution in [3.05, 3.63) is 54.1 Å². The predicted molar refractivity (Wildman–Crippen MR) is 171 cm³/mol. The second-order valence-electron chi connectivity index (χ2n) is 12.7. The zero-order chi connectivity index (χ0) is 31.9. The normalized spacial score (nSPS) is 15.1. The number of nitrogens with zero attached hydrogens (tertiary/aromatic N) is 2. The van der Waals surface area contributed by atoms with E-state index in [0.29, 0.717) is 11.5 Å². The number of amides is 2. The molecule has 0 radical (unpaired) electrons. The summed E-state index contributed by atoms with van der Waals surface area (Å²) in [6.45, 7) is 9.32. The molecule has 246 valence electrons. The van der Waals surface area contributed by atoms with E-state index in [1.165, 1.54) is 16.4 Å². The number of likely N-dealkylation sites (N-methyl/N-ethyl adjacent to an activating group) is 1. The van der Waals surface area contributed by atoms with Crippen LogP contribution < -0.4 is 20.1 Å². The lowest BCUT2D eigenvalue weighted by Crippen LogP contribution is -2.59. The summed E-state index contributed by atoms with van der Waals surface area (Å²) in [5.74, 6) is -0.0157. The Morgan fingerprint density at radius 3 is 2.20 bits per heavy atom. The molecule has 1 aliphatic rings. The van der Waals surface area contributed by atoms with Crippen LogP contribution in [0, 0.1) is 11.3 Å². The summed E-state index contributed by atoms with van der Waals surface area (Å²) in [7, 11) is -0.526. The van der Waals surface area contributed by atoms with Gasteiger partial charge in [0.25, 0.3) is 0 Å². The van der Waals surface area contributed by atoms with E-state index in [9.17, 15) is 23.1 Å². The predicted octanol–water partition coefficient (Wildman–Crippen LogP) is 2.66. The second-order valence-corrected chi connectivity index (χ2v) is 14.6. The van der Waals surface area contributed by atoms with E-state index in [2.05, 4.69) is 10.6 Å². The van der Waals surface area contributed by atoms with Gasteiger partial charge in [-0.15, -0.1) is 12.4 Å². The van der Waals surface area contributed by atoms with E-state index >= 15 is 0 Å². The van der Waals surface area contributed by atoms with Crippen LogP contribution in [0.25, 0.3) is 0 Å². The van der Waals surface area contributed by atoms with Gasteiger partial charge >= 0.3 is 0 Å². The SMILES string of the molecule is CC(C)CN(C[C@@H](O)[C@H](Cc1ccccc1)NC(=O)[C@@H](NC(=O)CN(C)C)C(C)(C)C)S(=O)(=O)c1ccc2c(c1)OCO2.Cl. The number of rotatable bonds is 14. The van der Waals surface area contributed by atoms with Gasteiger partial charge in [-0.3, -0.25) is 9.59 Å². The Morgan fingerprint density at radius 1 is 0.977 bits per heavy atom. The van der Waals surface area contributed by atoms with Crippen LogP contribution in [0.4, 0.5) is 0 Å². The number of benzene rings is 2. The fourth-order valence-electron chi connectivity index (χ4n) is 4.79. The standard InChI is InChI=1S/C31H46N4O7S.ClH/c1-21(2)17-35(43(39,40)23-13-14-26-27(16-23)42-20-41-26)18-25(36)24(15-22-11-9-8-10-12-22)32-30(38)29(31(3,4)5)33-28(37)19-34(6)7;/h8-14,16,21,24-25,29,36H,15,17-20H2,1-7H3,(H,32,38)(H,33,37);1H/t24-,25+,29+;/m0./s1. The first kappa shape index (κ1) is 37.3. The molecule has 1 aliphatic heterocycles. The molecule has 0 unspecified atom stereocenters. The molecule has 0 aromatic heterocycles. The molecule has 2 aromatic carbocycles. The van der Waals surface area contributed by atoms with Gasteiger partial charge in [-0.2, -0.15) is 4.31 Å². The monoisotopic (exact) mass is 654 g/mol. The molecule has 11 nitrogen and oxygen atoms in total. The number of nitrogens with one attached hydrogen (secondary N) is 2. The van der Waals surface area contributed by atoms with Crippen molar-refractivity contribution < 1.29 is 32.6 Å². The fraction of sp³-hybridized carbons (Fsp3) is 0.548. The maximum Gasteiger partial charge on any atom is 0.243 e. The van der Waals surface area contributed by atoms with Crippen LogP contribution in [0.2, 0.25) is 0 Å². The van der Waals surface area contributed by atoms with Crippen LogP contribution in [0.5, 0.6) is 11.5 Å². The minimum absolute atomic E-state index is 0. The Kier molecular flexibility index (Phi) is 13.5. The summed E-state index contributed by atoms with van der Waals surface area (Å²) < 4.78 is 39.6. The molecule has 0 spiro atoms. The van der Waals surface area contributed by atoms with Gasteiger partial charge in [0.2, 0.25) is 28.6 Å². The fourth-order valence-corrected chi connectivity index (χ4v) is 6.42. The molecular weight excluding hydrogens is 608 g/mol. The van der Waals surface area contributed by atoms with Crippen LogP contribution in [-0.2, 0) is 26.0 Å². The molecule has 0 bridgehead atoms. The van der Waals surface area contributed by atoms with Gasteiger partial charge in [0, 0.05) is 19.2 Å². The number of hydrogen-bond donors (Lipinski definition) is 3. The molecule has 0 saturated heterocycles. The third-order valence-corrected chi connectivity index (χ3v) is 8.75. The van der Waals surface area contributed by atoms with Gasteiger partial charge < -0.3 is 30.1 Å². The van der Waals surface area contributed by atoms with Crippen LogP contribution >= 0.6 is 12.4 Å². The third kappa shape index (κ3) is 10.3. The number of ether oxygens (including phenoxy) is 2. The molecule has 13 heteroatoms. The largest absolute Gasteiger partial charge is 0.454 e. The van der Waals surface area contributed by atoms with Crippen LogP contribution in [0.15, 0.2) is 53.4 Å². The van der Waals surface area contributed by atoms with Crippen LogP contribution in [-0.4, -0.2) is 93.3 Å². The average Bonchev–Trinajstić information content (AvgIpc) is 3.38. The minimum atomic E-state index is -4.05. The third-order valence-electron chi connectivity index (χ3n) is 6.93. The highest BCUT2D eigenvalue weighted by atomic mass is 35.5. The van der Waals surface area contributed by atoms with Gasteiger partial charge in [-0.1, -0.05) is 65.0 Å². The summed E-state index contributed by atoms with van der Waals surface area (Å²) in [5.41, 5.74) is 0.213. The lowest BCUT2D eigenvalue weighted by atomic mass is 9.85. The van der Waals surface area contributed by atoms with Crippen molar-refractivity contribution in [2.24, 2.45) is 11.3 Å². The highest BCUT2D eigenvalue weighted by Crippen LogP contribution is 2.35. The van der Waals surface area contributed by atoms with Crippen molar-refractivity contribution in [3.63, 3.8) is 0 Å². The first-order chi connectivity index (χ1) is 20.1. The number of fused-ring (bicyclic) bond motifs is 1. The molecule has 3 N–H and O–H groups in total. The first-order valence-corrected chi connectivity index (χ1v) is 15.9. The zero-order valence-electron chi connectivity index (χ0n) is 26.6. The lowest BCUT2D eigenvalue weighted by Gasteiger charge is -2.34. The number of halogens is 1. The minimum Gasteiger partial charge on any atom is -0.454 e. The van der Waals surface area contributed by atoms with Crippen LogP contribution in [0.3, 0.4) is 0 Å². The molecule has 0 aliphatic carbocycles. The van der Waals surface area contributed by atoms with E-state index in [0.717, 1.165) is 5.56 Å². The van der Waals surface area contributed by atoms with Crippen molar-refractivity contribution in [2.75, 3.05) is 40.5 Å². The summed E-state index contributed by atoms with van der Waals surface area (Å²) in [4.78, 5) is 28.0. The van der Waals surface area contributed by atoms with Crippen molar-refractivity contribution in [2.45, 2.75) is 64.1 Å². The van der Waals surface area contributed by atoms with E-state index in [1.54, 1.807) is 25.1 Å². The highest BCUT2D eigenvalue weighted by Gasteiger charge is 2.37. The molecule has 2 amide bonds. The second kappa shape index (κ2) is 15.9. The summed E-state index contributed by atoms with van der Waals surface area (Å²) in [6.07, 6.45) is -1.03. The topological polar surface area (TPSA) is 138 Å². The van der Waals surface area contributed by atoms with Crippen molar-refractivity contribution in [1.29, 1.82) is 0 Å². The molecule has 0 saturated carbocycles. The quantitative estimate of drug-likeness (QED) is 0.283. The number of sulfonamides is 1. The Bertz CT molecular complexity index is 1350. The highest BCUT2D eigenvalue weighted by molar-refractivity contribution is 7.89. The van der Waals surface area contributed by atoms with Gasteiger partial charge in [0.1, 0.15) is 6.04 Å². The van der Waals surface area contributed by atoms with Crippen molar-refractivity contribution in [1.82, 2.24) is 19.8 Å². The van der Waals surface area contributed by atoms with E-state index < -0.39 is 39.5 Å². The van der Waals surface area contributed by atoms with Gasteiger partial charge in [-0.05, 0) is 49.5 Å². The zero-order valence-corrected chi connectivity index (χ0v) is 28.2. The number of aliphatic hydroxyl groups is 1. The number of carbonyl (C=O) groups excluding carboxylic acids is 2. The van der Waals surface area contributed by atoms with Crippen molar-refractivity contribution >= 4 is 34.2 Å². The van der Waals surface area contributed by atoms with Crippen molar-refractivity contribution in [3.8, 4) is 11.5 Å². The van der Waals surface area contributed by atoms with Gasteiger partial charge in [0.15, 0.2) is 11.5 Å². The lowest BCUT2D eigenvalue weighted by molar-refractivity contribution is -0.132. The molecule has 0 fully saturated rings. The molecule has 3 rings (SSSR count). The molecule has 44 heavy (non-hydrogen) atoms. The van der Waals surface area contributed by atoms with Gasteiger partial charge in [0.05, 0.1) is 23.6 Å². The average molecular weight is 655 g/mol. The van der Waals surface area contributed by atoms with E-state index in [4.69, 9.17) is 9.47 Å². The Morgan fingerprint density at radius 2 is 1.61 bits per heavy atom. The number of carbonyl (C=O) groups is 2. The molecule has 2 aromatic rings.